The zero-order valence-electron chi connectivity index (χ0n) is 10.8. The number of fused-ring (bicyclic) bond motifs is 1. The second-order valence-electron chi connectivity index (χ2n) is 4.56. The highest BCUT2D eigenvalue weighted by Gasteiger charge is 2.13. The molecule has 100 valence electrons. The summed E-state index contributed by atoms with van der Waals surface area (Å²) in [6, 6.07) is 12.9. The Kier molecular flexibility index (Phi) is 3.16. The molecule has 2 N–H and O–H groups in total. The fraction of sp³-hybridized carbons (Fsp3) is 0.0667. The molecule has 20 heavy (non-hydrogen) atoms. The molecule has 0 bridgehead atoms. The summed E-state index contributed by atoms with van der Waals surface area (Å²) >= 11 is 6.09. The lowest BCUT2D eigenvalue weighted by Crippen LogP contribution is -2.13. The summed E-state index contributed by atoms with van der Waals surface area (Å²) in [7, 11) is 0. The number of nitrogens with zero attached hydrogens (tertiary/aromatic N) is 1. The predicted molar refractivity (Wildman–Crippen MR) is 80.2 cm³/mol. The van der Waals surface area contributed by atoms with Crippen molar-refractivity contribution in [3.8, 4) is 0 Å². The Morgan fingerprint density at radius 1 is 1.25 bits per heavy atom. The number of para-hydroxylation sites is 1. The normalized spacial score (nSPS) is 10.7. The van der Waals surface area contributed by atoms with E-state index in [0.717, 1.165) is 16.5 Å². The molecule has 0 spiro atoms. The van der Waals surface area contributed by atoms with Crippen LogP contribution in [-0.2, 0) is 0 Å². The number of carbonyl (C=O) groups is 1. The maximum Gasteiger partial charge on any atom is 0.258 e. The summed E-state index contributed by atoms with van der Waals surface area (Å²) < 4.78 is 0. The van der Waals surface area contributed by atoms with Crippen molar-refractivity contribution >= 4 is 34.2 Å². The molecule has 1 amide bonds. The van der Waals surface area contributed by atoms with Gasteiger partial charge in [0.05, 0.1) is 16.1 Å². The van der Waals surface area contributed by atoms with Gasteiger partial charge in [0.2, 0.25) is 0 Å². The number of H-pyrrole nitrogens is 1. The summed E-state index contributed by atoms with van der Waals surface area (Å²) in [4.78, 5) is 12.2. The van der Waals surface area contributed by atoms with E-state index in [1.807, 2.05) is 37.3 Å². The number of aromatic nitrogens is 2. The number of aromatic amines is 1. The molecule has 1 aromatic heterocycles. The number of carbonyl (C=O) groups excluding carboxylic acids is 1. The predicted octanol–water partition coefficient (Wildman–Crippen LogP) is 3.78. The molecule has 0 radical (unpaired) electrons. The minimum atomic E-state index is -0.271. The van der Waals surface area contributed by atoms with Crippen molar-refractivity contribution in [2.45, 2.75) is 6.92 Å². The quantitative estimate of drug-likeness (QED) is 0.753. The number of benzene rings is 2. The Balaban J connectivity index is 1.92. The third-order valence-corrected chi connectivity index (χ3v) is 3.38. The molecule has 0 aliphatic rings. The zero-order valence-corrected chi connectivity index (χ0v) is 11.5. The number of nitrogens with one attached hydrogen (secondary N) is 2. The SMILES string of the molecule is Cc1ccc(C(=O)Nc2n[nH]c3ccccc23)c(Cl)c1. The van der Waals surface area contributed by atoms with Crippen molar-refractivity contribution in [3.05, 3.63) is 58.6 Å². The van der Waals surface area contributed by atoms with E-state index in [-0.39, 0.29) is 5.91 Å². The van der Waals surface area contributed by atoms with Gasteiger partial charge in [-0.3, -0.25) is 9.89 Å². The van der Waals surface area contributed by atoms with Crippen LogP contribution in [0.4, 0.5) is 5.82 Å². The van der Waals surface area contributed by atoms with Gasteiger partial charge in [-0.2, -0.15) is 5.10 Å². The van der Waals surface area contributed by atoms with Crippen molar-refractivity contribution in [2.24, 2.45) is 0 Å². The highest BCUT2D eigenvalue weighted by Crippen LogP contribution is 2.22. The molecule has 0 aliphatic carbocycles. The van der Waals surface area contributed by atoms with Crippen LogP contribution in [0.2, 0.25) is 5.02 Å². The Bertz CT molecular complexity index is 795. The number of hydrogen-bond donors (Lipinski definition) is 2. The van der Waals surface area contributed by atoms with E-state index >= 15 is 0 Å². The fourth-order valence-corrected chi connectivity index (χ4v) is 2.36. The van der Waals surface area contributed by atoms with E-state index in [1.165, 1.54) is 0 Å². The average molecular weight is 286 g/mol. The summed E-state index contributed by atoms with van der Waals surface area (Å²) in [5.74, 6) is 0.231. The van der Waals surface area contributed by atoms with Gasteiger partial charge in [-0.1, -0.05) is 29.8 Å². The fourth-order valence-electron chi connectivity index (χ4n) is 2.04. The maximum atomic E-state index is 12.2. The van der Waals surface area contributed by atoms with Crippen molar-refractivity contribution in [2.75, 3.05) is 5.32 Å². The Hall–Kier alpha value is -2.33. The van der Waals surface area contributed by atoms with Crippen LogP contribution in [0.15, 0.2) is 42.5 Å². The van der Waals surface area contributed by atoms with Gasteiger partial charge in [0.15, 0.2) is 5.82 Å². The highest BCUT2D eigenvalue weighted by molar-refractivity contribution is 6.34. The summed E-state index contributed by atoms with van der Waals surface area (Å²) in [5.41, 5.74) is 2.32. The number of amides is 1. The van der Waals surface area contributed by atoms with Crippen LogP contribution in [0, 0.1) is 6.92 Å². The van der Waals surface area contributed by atoms with Crippen LogP contribution in [0.25, 0.3) is 10.9 Å². The first kappa shape index (κ1) is 12.7. The first-order valence-electron chi connectivity index (χ1n) is 6.16. The van der Waals surface area contributed by atoms with E-state index in [2.05, 4.69) is 15.5 Å². The van der Waals surface area contributed by atoms with Crippen LogP contribution >= 0.6 is 11.6 Å². The third-order valence-electron chi connectivity index (χ3n) is 3.07. The van der Waals surface area contributed by atoms with Gasteiger partial charge in [0, 0.05) is 5.39 Å². The molecule has 1 heterocycles. The van der Waals surface area contributed by atoms with Crippen molar-refractivity contribution in [3.63, 3.8) is 0 Å². The first-order valence-corrected chi connectivity index (χ1v) is 6.53. The largest absolute Gasteiger partial charge is 0.305 e. The molecule has 0 aliphatic heterocycles. The molecular weight excluding hydrogens is 274 g/mol. The number of halogens is 1. The van der Waals surface area contributed by atoms with Gasteiger partial charge >= 0.3 is 0 Å². The molecular formula is C15H12ClN3O. The van der Waals surface area contributed by atoms with Crippen molar-refractivity contribution in [1.29, 1.82) is 0 Å². The van der Waals surface area contributed by atoms with Gasteiger partial charge in [0.25, 0.3) is 5.91 Å². The monoisotopic (exact) mass is 285 g/mol. The second-order valence-corrected chi connectivity index (χ2v) is 4.96. The number of aryl methyl sites for hydroxylation is 1. The number of hydrogen-bond acceptors (Lipinski definition) is 2. The zero-order chi connectivity index (χ0) is 14.1. The van der Waals surface area contributed by atoms with Crippen LogP contribution < -0.4 is 5.32 Å². The minimum absolute atomic E-state index is 0.271. The van der Waals surface area contributed by atoms with Crippen LogP contribution in [-0.4, -0.2) is 16.1 Å². The van der Waals surface area contributed by atoms with Crippen LogP contribution in [0.5, 0.6) is 0 Å². The average Bonchev–Trinajstić information content (AvgIpc) is 2.82. The molecule has 3 rings (SSSR count). The molecule has 0 saturated heterocycles. The Morgan fingerprint density at radius 3 is 2.85 bits per heavy atom. The van der Waals surface area contributed by atoms with Gasteiger partial charge < -0.3 is 5.32 Å². The summed E-state index contributed by atoms with van der Waals surface area (Å²) in [5, 5.41) is 11.1. The standard InChI is InChI=1S/C15H12ClN3O/c1-9-6-7-10(12(16)8-9)15(20)17-14-11-4-2-3-5-13(11)18-19-14/h2-8H,1H3,(H2,17,18,19,20). The molecule has 0 saturated carbocycles. The van der Waals surface area contributed by atoms with Gasteiger partial charge in [0.1, 0.15) is 0 Å². The van der Waals surface area contributed by atoms with E-state index in [0.29, 0.717) is 16.4 Å². The minimum Gasteiger partial charge on any atom is -0.305 e. The topological polar surface area (TPSA) is 57.8 Å². The van der Waals surface area contributed by atoms with E-state index < -0.39 is 0 Å². The molecule has 4 nitrogen and oxygen atoms in total. The Morgan fingerprint density at radius 2 is 2.05 bits per heavy atom. The van der Waals surface area contributed by atoms with Gasteiger partial charge in [-0.05, 0) is 36.8 Å². The lowest BCUT2D eigenvalue weighted by atomic mass is 10.1. The van der Waals surface area contributed by atoms with Crippen LogP contribution in [0.1, 0.15) is 15.9 Å². The number of rotatable bonds is 2. The van der Waals surface area contributed by atoms with E-state index in [1.54, 1.807) is 12.1 Å². The Labute approximate surface area is 120 Å². The summed E-state index contributed by atoms with van der Waals surface area (Å²) in [6.45, 7) is 1.93. The van der Waals surface area contributed by atoms with Gasteiger partial charge in [-0.15, -0.1) is 0 Å². The van der Waals surface area contributed by atoms with E-state index in [4.69, 9.17) is 11.6 Å². The first-order chi connectivity index (χ1) is 9.65. The van der Waals surface area contributed by atoms with Crippen molar-refractivity contribution < 1.29 is 4.79 Å². The second kappa shape index (κ2) is 4.98. The lowest BCUT2D eigenvalue weighted by molar-refractivity contribution is 0.102. The molecule has 0 atom stereocenters. The molecule has 5 heteroatoms. The van der Waals surface area contributed by atoms with Gasteiger partial charge in [-0.25, -0.2) is 0 Å². The maximum absolute atomic E-state index is 12.2. The molecule has 3 aromatic rings. The molecule has 0 unspecified atom stereocenters. The van der Waals surface area contributed by atoms with Crippen LogP contribution in [0.3, 0.4) is 0 Å². The summed E-state index contributed by atoms with van der Waals surface area (Å²) in [6.07, 6.45) is 0. The van der Waals surface area contributed by atoms with E-state index in [9.17, 15) is 4.79 Å². The molecule has 2 aromatic carbocycles. The highest BCUT2D eigenvalue weighted by atomic mass is 35.5. The van der Waals surface area contributed by atoms with Crippen molar-refractivity contribution in [1.82, 2.24) is 10.2 Å². The number of anilines is 1. The lowest BCUT2D eigenvalue weighted by Gasteiger charge is -2.05. The molecule has 0 fully saturated rings. The third kappa shape index (κ3) is 2.26. The smallest absolute Gasteiger partial charge is 0.258 e.